The molecule has 2 aliphatic heterocycles. The van der Waals surface area contributed by atoms with Crippen LogP contribution in [0.25, 0.3) is 0 Å². The summed E-state index contributed by atoms with van der Waals surface area (Å²) in [6.07, 6.45) is 2.89. The van der Waals surface area contributed by atoms with Gasteiger partial charge in [0.2, 0.25) is 0 Å². The van der Waals surface area contributed by atoms with Gasteiger partial charge >= 0.3 is 0 Å². The molecule has 2 aliphatic rings. The van der Waals surface area contributed by atoms with Gasteiger partial charge in [-0.25, -0.2) is 8.42 Å². The normalized spacial score (nSPS) is 35.0. The molecule has 0 aliphatic carbocycles. The zero-order chi connectivity index (χ0) is 11.8. The average molecular weight is 262 g/mol. The van der Waals surface area contributed by atoms with Crippen LogP contribution in [0, 0.1) is 5.92 Å². The third-order valence-corrected chi connectivity index (χ3v) is 5.66. The summed E-state index contributed by atoms with van der Waals surface area (Å²) in [5.41, 5.74) is 5.67. The highest BCUT2D eigenvalue weighted by Gasteiger charge is 2.34. The number of nitrogens with two attached hydrogens (primary N) is 1. The smallest absolute Gasteiger partial charge is 0.151 e. The molecular formula is C10H18N2O2S2. The van der Waals surface area contributed by atoms with Crippen LogP contribution in [0.5, 0.6) is 0 Å². The van der Waals surface area contributed by atoms with Gasteiger partial charge in [-0.2, -0.15) is 0 Å². The molecule has 2 heterocycles. The van der Waals surface area contributed by atoms with Crippen molar-refractivity contribution in [1.82, 2.24) is 4.90 Å². The van der Waals surface area contributed by atoms with E-state index in [-0.39, 0.29) is 12.0 Å². The van der Waals surface area contributed by atoms with Crippen LogP contribution in [-0.4, -0.2) is 48.9 Å². The summed E-state index contributed by atoms with van der Waals surface area (Å²) in [5.74, 6) is 0.926. The number of piperidine rings is 1. The van der Waals surface area contributed by atoms with E-state index in [1.165, 1.54) is 0 Å². The molecule has 2 unspecified atom stereocenters. The fourth-order valence-electron chi connectivity index (χ4n) is 2.63. The zero-order valence-electron chi connectivity index (χ0n) is 9.26. The van der Waals surface area contributed by atoms with Crippen LogP contribution in [0.3, 0.4) is 0 Å². The third-order valence-electron chi connectivity index (χ3n) is 3.58. The van der Waals surface area contributed by atoms with Crippen molar-refractivity contribution in [2.75, 3.05) is 24.6 Å². The number of rotatable bonds is 2. The zero-order valence-corrected chi connectivity index (χ0v) is 10.9. The molecule has 0 amide bonds. The monoisotopic (exact) mass is 262 g/mol. The number of hydrogen-bond acceptors (Lipinski definition) is 4. The molecule has 0 aromatic carbocycles. The van der Waals surface area contributed by atoms with E-state index >= 15 is 0 Å². The lowest BCUT2D eigenvalue weighted by Crippen LogP contribution is -2.46. The van der Waals surface area contributed by atoms with E-state index in [1.54, 1.807) is 0 Å². The molecule has 6 heteroatoms. The lowest BCUT2D eigenvalue weighted by molar-refractivity contribution is 0.158. The molecule has 0 spiro atoms. The molecule has 2 rings (SSSR count). The Morgan fingerprint density at radius 3 is 2.69 bits per heavy atom. The Morgan fingerprint density at radius 2 is 2.12 bits per heavy atom. The second-order valence-corrected chi connectivity index (χ2v) is 7.49. The molecule has 2 saturated heterocycles. The number of likely N-dealkylation sites (tertiary alicyclic amines) is 1. The maximum absolute atomic E-state index is 11.4. The van der Waals surface area contributed by atoms with E-state index in [0.717, 1.165) is 32.4 Å². The van der Waals surface area contributed by atoms with Gasteiger partial charge in [-0.3, -0.25) is 4.90 Å². The van der Waals surface area contributed by atoms with E-state index in [0.29, 0.717) is 16.5 Å². The Hall–Kier alpha value is -0.200. The first-order valence-corrected chi connectivity index (χ1v) is 7.95. The van der Waals surface area contributed by atoms with Crippen molar-refractivity contribution < 1.29 is 8.42 Å². The van der Waals surface area contributed by atoms with Crippen molar-refractivity contribution in [3.8, 4) is 0 Å². The van der Waals surface area contributed by atoms with Crippen molar-refractivity contribution in [1.29, 1.82) is 0 Å². The summed E-state index contributed by atoms with van der Waals surface area (Å²) in [6, 6.07) is 0.196. The van der Waals surface area contributed by atoms with Gasteiger partial charge in [-0.1, -0.05) is 12.2 Å². The van der Waals surface area contributed by atoms with Gasteiger partial charge in [0.25, 0.3) is 0 Å². The fourth-order valence-corrected chi connectivity index (χ4v) is 4.59. The standard InChI is InChI=1S/C10H18N2O2S2/c11-10(15)8-2-1-4-12(6-8)9-3-5-16(13,14)7-9/h8-9H,1-7H2,(H2,11,15). The predicted molar refractivity (Wildman–Crippen MR) is 68.1 cm³/mol. The van der Waals surface area contributed by atoms with Gasteiger partial charge in [0, 0.05) is 18.5 Å². The van der Waals surface area contributed by atoms with Crippen molar-refractivity contribution in [3.05, 3.63) is 0 Å². The SMILES string of the molecule is NC(=S)C1CCCN(C2CCS(=O)(=O)C2)C1. The van der Waals surface area contributed by atoms with Crippen LogP contribution < -0.4 is 5.73 Å². The summed E-state index contributed by atoms with van der Waals surface area (Å²) >= 11 is 5.02. The second kappa shape index (κ2) is 4.58. The largest absolute Gasteiger partial charge is 0.393 e. The molecule has 0 bridgehead atoms. The molecule has 2 fully saturated rings. The minimum absolute atomic E-state index is 0.196. The Balaban J connectivity index is 1.98. The van der Waals surface area contributed by atoms with Crippen molar-refractivity contribution in [2.45, 2.75) is 25.3 Å². The minimum atomic E-state index is -2.79. The lowest BCUT2D eigenvalue weighted by atomic mass is 9.96. The highest BCUT2D eigenvalue weighted by Crippen LogP contribution is 2.24. The van der Waals surface area contributed by atoms with E-state index in [1.807, 2.05) is 0 Å². The first-order chi connectivity index (χ1) is 7.48. The van der Waals surface area contributed by atoms with E-state index in [2.05, 4.69) is 4.90 Å². The van der Waals surface area contributed by atoms with Crippen LogP contribution in [-0.2, 0) is 9.84 Å². The first-order valence-electron chi connectivity index (χ1n) is 5.72. The van der Waals surface area contributed by atoms with Crippen LogP contribution in [0.1, 0.15) is 19.3 Å². The van der Waals surface area contributed by atoms with E-state index in [4.69, 9.17) is 18.0 Å². The van der Waals surface area contributed by atoms with Gasteiger partial charge in [0.15, 0.2) is 9.84 Å². The maximum atomic E-state index is 11.4. The molecule has 2 N–H and O–H groups in total. The Bertz CT molecular complexity index is 380. The highest BCUT2D eigenvalue weighted by atomic mass is 32.2. The average Bonchev–Trinajstić information content (AvgIpc) is 2.59. The highest BCUT2D eigenvalue weighted by molar-refractivity contribution is 7.91. The summed E-state index contributed by atoms with van der Waals surface area (Å²) < 4.78 is 22.8. The molecule has 0 saturated carbocycles. The summed E-state index contributed by atoms with van der Waals surface area (Å²) in [5, 5.41) is 0. The van der Waals surface area contributed by atoms with Crippen LogP contribution in [0.15, 0.2) is 0 Å². The molecule has 16 heavy (non-hydrogen) atoms. The summed E-state index contributed by atoms with van der Waals surface area (Å²) in [4.78, 5) is 2.84. The van der Waals surface area contributed by atoms with Gasteiger partial charge in [0.05, 0.1) is 16.5 Å². The Labute approximate surface area is 102 Å². The number of sulfone groups is 1. The molecular weight excluding hydrogens is 244 g/mol. The van der Waals surface area contributed by atoms with Gasteiger partial charge in [0.1, 0.15) is 0 Å². The summed E-state index contributed by atoms with van der Waals surface area (Å²) in [7, 11) is -2.79. The second-order valence-electron chi connectivity index (χ2n) is 4.79. The van der Waals surface area contributed by atoms with Crippen LogP contribution >= 0.6 is 12.2 Å². The van der Waals surface area contributed by atoms with Crippen LogP contribution in [0.2, 0.25) is 0 Å². The number of nitrogens with zero attached hydrogens (tertiary/aromatic N) is 1. The first kappa shape index (κ1) is 12.3. The van der Waals surface area contributed by atoms with E-state index in [9.17, 15) is 8.42 Å². The third kappa shape index (κ3) is 2.73. The Morgan fingerprint density at radius 1 is 1.38 bits per heavy atom. The maximum Gasteiger partial charge on any atom is 0.151 e. The molecule has 92 valence electrons. The van der Waals surface area contributed by atoms with Crippen molar-refractivity contribution in [3.63, 3.8) is 0 Å². The lowest BCUT2D eigenvalue weighted by Gasteiger charge is -2.35. The molecule has 0 radical (unpaired) electrons. The topological polar surface area (TPSA) is 63.4 Å². The van der Waals surface area contributed by atoms with Gasteiger partial charge in [-0.05, 0) is 25.8 Å². The van der Waals surface area contributed by atoms with Crippen molar-refractivity contribution >= 4 is 27.0 Å². The van der Waals surface area contributed by atoms with Gasteiger partial charge in [-0.15, -0.1) is 0 Å². The number of thiocarbonyl (C=S) groups is 1. The minimum Gasteiger partial charge on any atom is -0.393 e. The molecule has 0 aromatic rings. The predicted octanol–water partition coefficient (Wildman–Crippen LogP) is 0.172. The Kier molecular flexibility index (Phi) is 3.51. The van der Waals surface area contributed by atoms with Crippen LogP contribution in [0.4, 0.5) is 0 Å². The molecule has 2 atom stereocenters. The molecule has 4 nitrogen and oxygen atoms in total. The number of hydrogen-bond donors (Lipinski definition) is 1. The van der Waals surface area contributed by atoms with Gasteiger partial charge < -0.3 is 5.73 Å². The fraction of sp³-hybridized carbons (Fsp3) is 0.900. The quantitative estimate of drug-likeness (QED) is 0.719. The van der Waals surface area contributed by atoms with E-state index < -0.39 is 9.84 Å². The van der Waals surface area contributed by atoms with Crippen molar-refractivity contribution in [2.24, 2.45) is 11.7 Å². The molecule has 0 aromatic heterocycles. The summed E-state index contributed by atoms with van der Waals surface area (Å²) in [6.45, 7) is 1.83.